The van der Waals surface area contributed by atoms with Crippen LogP contribution in [0.3, 0.4) is 0 Å². The van der Waals surface area contributed by atoms with Gasteiger partial charge in [0.05, 0.1) is 11.4 Å². The summed E-state index contributed by atoms with van der Waals surface area (Å²) in [5, 5.41) is 0. The van der Waals surface area contributed by atoms with Gasteiger partial charge in [0, 0.05) is 55.5 Å². The number of benzene rings is 12. The second-order valence-corrected chi connectivity index (χ2v) is 47.0. The molecule has 22 rings (SSSR count). The van der Waals surface area contributed by atoms with E-state index in [2.05, 4.69) is 308 Å². The van der Waals surface area contributed by atoms with Crippen LogP contribution in [0.15, 0.2) is 243 Å². The fraction of sp³-hybridized carbons (Fsp3) is 0.467. The second kappa shape index (κ2) is 41.2. The summed E-state index contributed by atoms with van der Waals surface area (Å²) in [7, 11) is 0. The molecule has 0 N–H and O–H groups in total. The van der Waals surface area contributed by atoms with Crippen molar-refractivity contribution >= 4 is 34.1 Å². The quantitative estimate of drug-likeness (QED) is 0.0896. The van der Waals surface area contributed by atoms with Crippen molar-refractivity contribution in [3.63, 3.8) is 0 Å². The lowest BCUT2D eigenvalue weighted by Gasteiger charge is -2.32. The van der Waals surface area contributed by atoms with E-state index in [1.807, 2.05) is 0 Å². The van der Waals surface area contributed by atoms with Gasteiger partial charge in [0.2, 0.25) is 0 Å². The van der Waals surface area contributed by atoms with Crippen LogP contribution in [0, 0.1) is 17.8 Å². The van der Waals surface area contributed by atoms with Crippen molar-refractivity contribution in [2.45, 2.75) is 384 Å². The normalized spacial score (nSPS) is 19.8. The van der Waals surface area contributed by atoms with Crippen LogP contribution in [0.25, 0.3) is 66.8 Å². The van der Waals surface area contributed by atoms with Gasteiger partial charge in [-0.2, -0.15) is 0 Å². The SMILES string of the molecule is CC1(C)c2ccccc2-c2ccc(N(c3ccc(-c4c(C5CCCCCCC5)cc(C5CCCCCCC5)cc4C4CCCCCCC4)cc3)c3cccc4c3-c3ccccc3C4(C)C)cc21.CC1(C)c2ccccc2-c2ccc(N(c3ccc(-c4c(CC5CCCCCCC5)cc(CC5CCCCCCC5)cc4CC4CCCCCCC4)cc3)c3cccc4c3-c3ccccc3C4(C)C)cc21. The predicted molar refractivity (Wildman–Crippen MR) is 587 cm³/mol. The van der Waals surface area contributed by atoms with Gasteiger partial charge in [0.15, 0.2) is 0 Å². The number of fused-ring (bicyclic) bond motifs is 12. The Balaban J connectivity index is 0.000000164. The number of nitrogens with zero attached hydrogens (tertiary/aromatic N) is 2. The first-order valence-electron chi connectivity index (χ1n) is 56.1. The van der Waals surface area contributed by atoms with Gasteiger partial charge in [0.25, 0.3) is 0 Å². The van der Waals surface area contributed by atoms with E-state index in [1.54, 1.807) is 44.5 Å². The second-order valence-electron chi connectivity index (χ2n) is 47.0. The minimum absolute atomic E-state index is 0.0813. The van der Waals surface area contributed by atoms with Crippen LogP contribution in [0.4, 0.5) is 34.1 Å². The Morgan fingerprint density at radius 1 is 0.212 bits per heavy atom. The Bertz CT molecular complexity index is 6090. The molecule has 137 heavy (non-hydrogen) atoms. The summed E-state index contributed by atoms with van der Waals surface area (Å²) in [5.74, 6) is 4.38. The van der Waals surface area contributed by atoms with E-state index in [0.717, 1.165) is 17.8 Å². The maximum Gasteiger partial charge on any atom is 0.0543 e. The molecular formula is C135H160N2. The highest BCUT2D eigenvalue weighted by atomic mass is 15.2. The van der Waals surface area contributed by atoms with Crippen LogP contribution in [-0.4, -0.2) is 0 Å². The molecule has 12 aromatic carbocycles. The van der Waals surface area contributed by atoms with Crippen LogP contribution >= 0.6 is 0 Å². The van der Waals surface area contributed by atoms with Gasteiger partial charge in [-0.3, -0.25) is 0 Å². The molecule has 12 aromatic rings. The van der Waals surface area contributed by atoms with Gasteiger partial charge in [0.1, 0.15) is 0 Å². The van der Waals surface area contributed by atoms with E-state index in [-0.39, 0.29) is 21.7 Å². The van der Waals surface area contributed by atoms with Crippen molar-refractivity contribution in [3.8, 4) is 66.8 Å². The third-order valence-electron chi connectivity index (χ3n) is 36.6. The van der Waals surface area contributed by atoms with Gasteiger partial charge in [-0.25, -0.2) is 0 Å². The number of rotatable bonds is 17. The molecule has 710 valence electrons. The molecule has 0 radical (unpaired) electrons. The molecule has 6 saturated carbocycles. The van der Waals surface area contributed by atoms with Crippen LogP contribution in [0.5, 0.6) is 0 Å². The van der Waals surface area contributed by atoms with Crippen molar-refractivity contribution in [1.82, 2.24) is 0 Å². The van der Waals surface area contributed by atoms with Crippen molar-refractivity contribution < 1.29 is 0 Å². The zero-order valence-electron chi connectivity index (χ0n) is 85.3. The van der Waals surface area contributed by atoms with E-state index in [1.165, 1.54) is 423 Å². The zero-order valence-corrected chi connectivity index (χ0v) is 85.3. The molecule has 2 nitrogen and oxygen atoms in total. The number of hydrogen-bond acceptors (Lipinski definition) is 2. The van der Waals surface area contributed by atoms with E-state index >= 15 is 0 Å². The summed E-state index contributed by atoms with van der Waals surface area (Å²) >= 11 is 0. The molecule has 10 aliphatic carbocycles. The Hall–Kier alpha value is -9.76. The Labute approximate surface area is 827 Å². The van der Waals surface area contributed by atoms with Crippen LogP contribution in [0.1, 0.15) is 421 Å². The molecule has 0 heterocycles. The molecule has 0 saturated heterocycles. The molecule has 6 fully saturated rings. The van der Waals surface area contributed by atoms with Gasteiger partial charge in [-0.1, -0.05) is 469 Å². The lowest BCUT2D eigenvalue weighted by Crippen LogP contribution is -2.17. The fourth-order valence-corrected chi connectivity index (χ4v) is 29.0. The first-order valence-corrected chi connectivity index (χ1v) is 56.1. The maximum atomic E-state index is 2.82. The fourth-order valence-electron chi connectivity index (χ4n) is 29.0. The molecule has 10 aliphatic rings. The van der Waals surface area contributed by atoms with Crippen LogP contribution in [-0.2, 0) is 40.9 Å². The van der Waals surface area contributed by atoms with Crippen molar-refractivity contribution in [3.05, 3.63) is 321 Å². The van der Waals surface area contributed by atoms with E-state index in [4.69, 9.17) is 0 Å². The Morgan fingerprint density at radius 2 is 0.489 bits per heavy atom. The lowest BCUT2D eigenvalue weighted by molar-refractivity contribution is 0.371. The largest absolute Gasteiger partial charge is 0.310 e. The Morgan fingerprint density at radius 3 is 0.854 bits per heavy atom. The topological polar surface area (TPSA) is 6.48 Å². The highest BCUT2D eigenvalue weighted by Gasteiger charge is 2.44. The van der Waals surface area contributed by atoms with E-state index in [9.17, 15) is 0 Å². The Kier molecular flexibility index (Phi) is 28.1. The monoisotopic (exact) mass is 1810 g/mol. The first-order chi connectivity index (χ1) is 67.0. The first kappa shape index (κ1) is 93.5. The van der Waals surface area contributed by atoms with Crippen molar-refractivity contribution in [2.75, 3.05) is 9.80 Å². The molecular weight excluding hydrogens is 1650 g/mol. The van der Waals surface area contributed by atoms with Crippen molar-refractivity contribution in [1.29, 1.82) is 0 Å². The molecule has 0 aromatic heterocycles. The van der Waals surface area contributed by atoms with Gasteiger partial charge in [-0.15, -0.1) is 0 Å². The third kappa shape index (κ3) is 19.0. The summed E-state index contributed by atoms with van der Waals surface area (Å²) in [5.41, 5.74) is 45.7. The van der Waals surface area contributed by atoms with Gasteiger partial charge >= 0.3 is 0 Å². The molecule has 2 heteroatoms. The van der Waals surface area contributed by atoms with Crippen LogP contribution in [0.2, 0.25) is 0 Å². The molecule has 0 aliphatic heterocycles. The smallest absolute Gasteiger partial charge is 0.0543 e. The number of anilines is 6. The van der Waals surface area contributed by atoms with Crippen molar-refractivity contribution in [2.24, 2.45) is 17.8 Å². The standard InChI is InChI=1S/C69H83N.C66H77N/c1-68(2)62-34-23-21-32-60(62)67-63(68)35-24-36-65(67)70(57-41-42-59-58-31-20-22-33-61(58)69(3,4)64(59)48-57)56-39-37-53(38-40-56)66-54(44-50-27-16-10-6-11-17-28-50)46-52(43-49-25-14-8-5-9-15-26-49)47-55(66)45-51-29-18-12-7-13-19-30-51;1-65(2)59-34-23-21-32-55(59)64-60(65)35-24-36-62(64)67(52-41-42-54-53-31-20-22-33-58(53)66(3,4)61(54)45-52)51-39-37-49(38-40-51)63-56(47-27-16-10-6-11-17-28-47)43-50(46-25-14-8-5-9-15-26-46)44-57(63)48-29-18-12-7-13-19-30-48/h20-24,31-42,46-51H,5-19,25-30,43-45H2,1-4H3;20-24,31-48H,5-19,25-30H2,1-4H3. The van der Waals surface area contributed by atoms with Crippen LogP contribution < -0.4 is 9.80 Å². The summed E-state index contributed by atoms with van der Waals surface area (Å²) < 4.78 is 0. The van der Waals surface area contributed by atoms with Gasteiger partial charge < -0.3 is 9.80 Å². The highest BCUT2D eigenvalue weighted by molar-refractivity contribution is 5.99. The molecule has 0 unspecified atom stereocenters. The molecule has 0 spiro atoms. The van der Waals surface area contributed by atoms with E-state index < -0.39 is 0 Å². The van der Waals surface area contributed by atoms with E-state index in [0.29, 0.717) is 17.8 Å². The average Bonchev–Trinajstić information content (AvgIpc) is 1.57. The minimum atomic E-state index is -0.0912. The summed E-state index contributed by atoms with van der Waals surface area (Å²) in [6, 6.07) is 96.8. The minimum Gasteiger partial charge on any atom is -0.310 e. The zero-order chi connectivity index (χ0) is 93.2. The van der Waals surface area contributed by atoms with Gasteiger partial charge in [-0.05, 0) is 287 Å². The lowest BCUT2D eigenvalue weighted by atomic mass is 9.73. The summed E-state index contributed by atoms with van der Waals surface area (Å²) in [6.07, 6.45) is 62.4. The molecule has 0 amide bonds. The average molecular weight is 1810 g/mol. The summed E-state index contributed by atoms with van der Waals surface area (Å²) in [6.45, 7) is 19.4. The molecule has 0 atom stereocenters. The third-order valence-corrected chi connectivity index (χ3v) is 36.6. The predicted octanol–water partition coefficient (Wildman–Crippen LogP) is 40.1. The summed E-state index contributed by atoms with van der Waals surface area (Å²) in [4.78, 5) is 5.23. The maximum absolute atomic E-state index is 2.82. The molecule has 0 bridgehead atoms. The number of hydrogen-bond donors (Lipinski definition) is 0. The highest BCUT2D eigenvalue weighted by Crippen LogP contribution is 2.60.